The number of hydrogen-bond acceptors (Lipinski definition) is 3. The van der Waals surface area contributed by atoms with Gasteiger partial charge >= 0.3 is 0 Å². The predicted octanol–water partition coefficient (Wildman–Crippen LogP) is 12.2. The molecule has 43 heavy (non-hydrogen) atoms. The molecule has 0 N–H and O–H groups in total. The molecule has 9 aromatic rings. The van der Waals surface area contributed by atoms with Crippen LogP contribution in [0.15, 0.2) is 156 Å². The largest absolute Gasteiger partial charge is 0.456 e. The highest BCUT2D eigenvalue weighted by molar-refractivity contribution is 7.26. The predicted molar refractivity (Wildman–Crippen MR) is 184 cm³/mol. The van der Waals surface area contributed by atoms with Crippen molar-refractivity contribution in [2.24, 2.45) is 0 Å². The number of rotatable bonds is 4. The number of anilines is 3. The molecule has 0 unspecified atom stereocenters. The molecule has 7 aromatic carbocycles. The van der Waals surface area contributed by atoms with Gasteiger partial charge in [0.15, 0.2) is 0 Å². The molecule has 0 aliphatic rings. The van der Waals surface area contributed by atoms with Crippen LogP contribution in [-0.4, -0.2) is 0 Å². The monoisotopic (exact) mass is 567 g/mol. The summed E-state index contributed by atoms with van der Waals surface area (Å²) in [6.07, 6.45) is 0. The lowest BCUT2D eigenvalue weighted by Gasteiger charge is -2.26. The van der Waals surface area contributed by atoms with Crippen LogP contribution < -0.4 is 4.90 Å². The van der Waals surface area contributed by atoms with Crippen LogP contribution >= 0.6 is 11.3 Å². The zero-order valence-corrected chi connectivity index (χ0v) is 24.0. The van der Waals surface area contributed by atoms with Crippen LogP contribution in [0.4, 0.5) is 17.1 Å². The topological polar surface area (TPSA) is 16.4 Å². The van der Waals surface area contributed by atoms with Crippen molar-refractivity contribution in [3.8, 4) is 11.1 Å². The van der Waals surface area contributed by atoms with Gasteiger partial charge in [-0.25, -0.2) is 0 Å². The molecule has 0 saturated carbocycles. The van der Waals surface area contributed by atoms with Gasteiger partial charge in [-0.15, -0.1) is 11.3 Å². The van der Waals surface area contributed by atoms with Gasteiger partial charge < -0.3 is 9.32 Å². The number of fused-ring (bicyclic) bond motifs is 8. The summed E-state index contributed by atoms with van der Waals surface area (Å²) in [5, 5.41) is 7.39. The maximum absolute atomic E-state index is 6.36. The minimum Gasteiger partial charge on any atom is -0.456 e. The summed E-state index contributed by atoms with van der Waals surface area (Å²) >= 11 is 1.86. The molecule has 202 valence electrons. The molecule has 0 atom stereocenters. The van der Waals surface area contributed by atoms with Crippen molar-refractivity contribution in [3.05, 3.63) is 152 Å². The Bertz CT molecular complexity index is 2450. The van der Waals surface area contributed by atoms with E-state index in [1.54, 1.807) is 0 Å². The van der Waals surface area contributed by atoms with E-state index >= 15 is 0 Å². The normalized spacial score (nSPS) is 11.7. The molecular weight excluding hydrogens is 543 g/mol. The molecule has 0 saturated heterocycles. The molecule has 0 aliphatic carbocycles. The first-order valence-corrected chi connectivity index (χ1v) is 15.3. The van der Waals surface area contributed by atoms with Crippen LogP contribution in [0.1, 0.15) is 0 Å². The smallest absolute Gasteiger partial charge is 0.136 e. The zero-order chi connectivity index (χ0) is 28.3. The van der Waals surface area contributed by atoms with Gasteiger partial charge in [0.25, 0.3) is 0 Å². The van der Waals surface area contributed by atoms with Gasteiger partial charge in [-0.05, 0) is 76.5 Å². The number of nitrogens with zero attached hydrogens (tertiary/aromatic N) is 1. The average Bonchev–Trinajstić information content (AvgIpc) is 3.64. The van der Waals surface area contributed by atoms with E-state index in [0.29, 0.717) is 0 Å². The SMILES string of the molecule is c1ccc(N(c2ccc(-c3ccc4c(c3)oc3ccc5ccccc5c34)cc2)c2cccc3c2sc2ccccc23)cc1. The van der Waals surface area contributed by atoms with E-state index < -0.39 is 0 Å². The molecule has 2 aromatic heterocycles. The highest BCUT2D eigenvalue weighted by Gasteiger charge is 2.18. The molecule has 0 bridgehead atoms. The third-order valence-electron chi connectivity index (χ3n) is 8.46. The molecule has 0 amide bonds. The molecule has 2 heterocycles. The summed E-state index contributed by atoms with van der Waals surface area (Å²) < 4.78 is 8.96. The Labute approximate surface area is 252 Å². The van der Waals surface area contributed by atoms with Crippen LogP contribution in [0.3, 0.4) is 0 Å². The first-order valence-electron chi connectivity index (χ1n) is 14.5. The van der Waals surface area contributed by atoms with Gasteiger partial charge in [0, 0.05) is 37.6 Å². The summed E-state index contributed by atoms with van der Waals surface area (Å²) in [6, 6.07) is 54.2. The molecular formula is C40H25NOS. The first kappa shape index (κ1) is 24.2. The van der Waals surface area contributed by atoms with Crippen molar-refractivity contribution in [3.63, 3.8) is 0 Å². The van der Waals surface area contributed by atoms with Crippen LogP contribution in [-0.2, 0) is 0 Å². The molecule has 0 aliphatic heterocycles. The number of benzene rings is 7. The summed E-state index contributed by atoms with van der Waals surface area (Å²) in [6.45, 7) is 0. The maximum Gasteiger partial charge on any atom is 0.136 e. The van der Waals surface area contributed by atoms with Crippen molar-refractivity contribution in [1.29, 1.82) is 0 Å². The van der Waals surface area contributed by atoms with Gasteiger partial charge in [-0.2, -0.15) is 0 Å². The summed E-state index contributed by atoms with van der Waals surface area (Å²) in [4.78, 5) is 2.37. The minimum atomic E-state index is 0.912. The number of hydrogen-bond donors (Lipinski definition) is 0. The van der Waals surface area contributed by atoms with Crippen molar-refractivity contribution in [1.82, 2.24) is 0 Å². The fourth-order valence-electron chi connectivity index (χ4n) is 6.44. The number of para-hydroxylation sites is 1. The summed E-state index contributed by atoms with van der Waals surface area (Å²) in [5.41, 5.74) is 7.58. The second-order valence-electron chi connectivity index (χ2n) is 10.9. The quantitative estimate of drug-likeness (QED) is 0.210. The van der Waals surface area contributed by atoms with Crippen LogP contribution in [0.2, 0.25) is 0 Å². The highest BCUT2D eigenvalue weighted by atomic mass is 32.1. The van der Waals surface area contributed by atoms with Gasteiger partial charge in [-0.1, -0.05) is 97.1 Å². The number of furan rings is 1. The van der Waals surface area contributed by atoms with Crippen LogP contribution in [0.5, 0.6) is 0 Å². The van der Waals surface area contributed by atoms with E-state index in [0.717, 1.165) is 39.1 Å². The fourth-order valence-corrected chi connectivity index (χ4v) is 7.65. The Hall–Kier alpha value is -5.38. The van der Waals surface area contributed by atoms with E-state index in [-0.39, 0.29) is 0 Å². The van der Waals surface area contributed by atoms with E-state index in [1.165, 1.54) is 42.0 Å². The van der Waals surface area contributed by atoms with E-state index in [4.69, 9.17) is 4.42 Å². The van der Waals surface area contributed by atoms with Crippen molar-refractivity contribution < 1.29 is 4.42 Å². The van der Waals surface area contributed by atoms with E-state index in [9.17, 15) is 0 Å². The fraction of sp³-hybridized carbons (Fsp3) is 0. The second kappa shape index (κ2) is 9.59. The second-order valence-corrected chi connectivity index (χ2v) is 12.0. The third-order valence-corrected chi connectivity index (χ3v) is 9.67. The van der Waals surface area contributed by atoms with Crippen LogP contribution in [0.25, 0.3) is 64.0 Å². The van der Waals surface area contributed by atoms with E-state index in [2.05, 4.69) is 157 Å². The van der Waals surface area contributed by atoms with Gasteiger partial charge in [0.1, 0.15) is 11.2 Å². The Morgan fingerprint density at radius 1 is 0.465 bits per heavy atom. The Balaban J connectivity index is 1.16. The lowest BCUT2D eigenvalue weighted by molar-refractivity contribution is 0.669. The molecule has 0 spiro atoms. The Kier molecular flexibility index (Phi) is 5.40. The first-order chi connectivity index (χ1) is 21.3. The molecule has 3 heteroatoms. The molecule has 0 fully saturated rings. The molecule has 9 rings (SSSR count). The summed E-state index contributed by atoms with van der Waals surface area (Å²) in [5.74, 6) is 0. The molecule has 2 nitrogen and oxygen atoms in total. The summed E-state index contributed by atoms with van der Waals surface area (Å²) in [7, 11) is 0. The zero-order valence-electron chi connectivity index (χ0n) is 23.2. The standard InChI is InChI=1S/C40H25NOS/c1-2-10-29(11-3-1)41(35-15-8-14-33-32-13-6-7-16-38(32)43-40(33)35)30-21-17-26(18-22-30)28-19-23-34-37(25-28)42-36-24-20-27-9-4-5-12-31(27)39(34)36/h1-25H. The van der Waals surface area contributed by atoms with E-state index in [1.807, 2.05) is 11.3 Å². The van der Waals surface area contributed by atoms with Crippen molar-refractivity contribution >= 4 is 81.3 Å². The molecule has 0 radical (unpaired) electrons. The Morgan fingerprint density at radius 3 is 2.07 bits per heavy atom. The Morgan fingerprint density at radius 2 is 1.19 bits per heavy atom. The lowest BCUT2D eigenvalue weighted by Crippen LogP contribution is -2.09. The average molecular weight is 568 g/mol. The van der Waals surface area contributed by atoms with Gasteiger partial charge in [0.2, 0.25) is 0 Å². The maximum atomic E-state index is 6.36. The van der Waals surface area contributed by atoms with Crippen LogP contribution in [0, 0.1) is 0 Å². The third kappa shape index (κ3) is 3.86. The lowest BCUT2D eigenvalue weighted by atomic mass is 10.0. The number of thiophene rings is 1. The highest BCUT2D eigenvalue weighted by Crippen LogP contribution is 2.45. The van der Waals surface area contributed by atoms with Gasteiger partial charge in [-0.3, -0.25) is 0 Å². The minimum absolute atomic E-state index is 0.912. The van der Waals surface area contributed by atoms with Gasteiger partial charge in [0.05, 0.1) is 10.4 Å². The van der Waals surface area contributed by atoms with Crippen molar-refractivity contribution in [2.45, 2.75) is 0 Å². The van der Waals surface area contributed by atoms with Crippen molar-refractivity contribution in [2.75, 3.05) is 4.90 Å².